The molecule has 0 aromatic rings. The summed E-state index contributed by atoms with van der Waals surface area (Å²) in [6.07, 6.45) is -1.47. The van der Waals surface area contributed by atoms with Crippen LogP contribution in [0.2, 0.25) is 0 Å². The van der Waals surface area contributed by atoms with Gasteiger partial charge in [-0.2, -0.15) is 13.2 Å². The fourth-order valence-electron chi connectivity index (χ4n) is 2.32. The van der Waals surface area contributed by atoms with Gasteiger partial charge in [0.25, 0.3) is 0 Å². The number of rotatable bonds is 4. The van der Waals surface area contributed by atoms with Crippen molar-refractivity contribution in [2.24, 2.45) is 17.6 Å². The van der Waals surface area contributed by atoms with E-state index in [0.29, 0.717) is 25.9 Å². The second kappa shape index (κ2) is 5.87. The molecule has 1 fully saturated rings. The molecular formula is C11H21F3N2. The van der Waals surface area contributed by atoms with Crippen molar-refractivity contribution in [2.75, 3.05) is 13.1 Å². The number of nitrogens with one attached hydrogen (secondary N) is 1. The molecule has 1 aliphatic rings. The Morgan fingerprint density at radius 1 is 1.31 bits per heavy atom. The highest BCUT2D eigenvalue weighted by Gasteiger charge is 2.45. The highest BCUT2D eigenvalue weighted by Crippen LogP contribution is 2.41. The summed E-state index contributed by atoms with van der Waals surface area (Å²) in [5.74, 6) is -1.40. The third kappa shape index (κ3) is 3.94. The van der Waals surface area contributed by atoms with Crippen LogP contribution in [0.1, 0.15) is 32.6 Å². The van der Waals surface area contributed by atoms with Crippen LogP contribution in [0.25, 0.3) is 0 Å². The van der Waals surface area contributed by atoms with Gasteiger partial charge in [0.05, 0.1) is 5.92 Å². The van der Waals surface area contributed by atoms with Crippen molar-refractivity contribution in [3.8, 4) is 0 Å². The van der Waals surface area contributed by atoms with Gasteiger partial charge in [0.1, 0.15) is 0 Å². The van der Waals surface area contributed by atoms with Crippen LogP contribution < -0.4 is 11.1 Å². The molecule has 0 amide bonds. The summed E-state index contributed by atoms with van der Waals surface area (Å²) >= 11 is 0. The minimum atomic E-state index is -4.04. The van der Waals surface area contributed by atoms with E-state index in [1.807, 2.05) is 6.92 Å². The Morgan fingerprint density at radius 3 is 2.50 bits per heavy atom. The van der Waals surface area contributed by atoms with E-state index in [-0.39, 0.29) is 18.4 Å². The standard InChI is InChI=1S/C11H21F3N2/c1-8(6-15)16-7-9-4-2-3-5-10(9)11(12,13)14/h8-10,16H,2-7,15H2,1H3/t8-,9?,10?/m1/s1. The second-order valence-corrected chi connectivity index (χ2v) is 4.74. The van der Waals surface area contributed by atoms with Crippen LogP contribution in [0.3, 0.4) is 0 Å². The third-order valence-electron chi connectivity index (χ3n) is 3.41. The first kappa shape index (κ1) is 13.8. The maximum absolute atomic E-state index is 12.7. The van der Waals surface area contributed by atoms with E-state index in [1.54, 1.807) is 0 Å². The molecule has 0 aliphatic heterocycles. The fourth-order valence-corrected chi connectivity index (χ4v) is 2.32. The fraction of sp³-hybridized carbons (Fsp3) is 1.00. The molecule has 0 aromatic carbocycles. The highest BCUT2D eigenvalue weighted by molar-refractivity contribution is 4.82. The molecule has 0 bridgehead atoms. The monoisotopic (exact) mass is 238 g/mol. The molecule has 2 nitrogen and oxygen atoms in total. The summed E-state index contributed by atoms with van der Waals surface area (Å²) in [7, 11) is 0. The summed E-state index contributed by atoms with van der Waals surface area (Å²) in [5.41, 5.74) is 5.42. The molecule has 5 heteroatoms. The Bertz CT molecular complexity index is 206. The number of nitrogens with two attached hydrogens (primary N) is 1. The summed E-state index contributed by atoms with van der Waals surface area (Å²) in [5, 5.41) is 3.08. The van der Waals surface area contributed by atoms with E-state index in [0.717, 1.165) is 6.42 Å². The van der Waals surface area contributed by atoms with Gasteiger partial charge in [0.2, 0.25) is 0 Å². The van der Waals surface area contributed by atoms with Gasteiger partial charge in [-0.15, -0.1) is 0 Å². The topological polar surface area (TPSA) is 38.0 Å². The molecular weight excluding hydrogens is 217 g/mol. The zero-order chi connectivity index (χ0) is 12.2. The van der Waals surface area contributed by atoms with Crippen LogP contribution in [0.4, 0.5) is 13.2 Å². The average Bonchev–Trinajstić information content (AvgIpc) is 2.25. The van der Waals surface area contributed by atoms with Crippen LogP contribution in [0, 0.1) is 11.8 Å². The smallest absolute Gasteiger partial charge is 0.329 e. The Labute approximate surface area is 94.8 Å². The maximum Gasteiger partial charge on any atom is 0.392 e. The van der Waals surface area contributed by atoms with E-state index >= 15 is 0 Å². The molecule has 2 unspecified atom stereocenters. The Hall–Kier alpha value is -0.290. The van der Waals surface area contributed by atoms with Gasteiger partial charge in [-0.3, -0.25) is 0 Å². The first-order valence-corrected chi connectivity index (χ1v) is 5.95. The predicted molar refractivity (Wildman–Crippen MR) is 58.0 cm³/mol. The minimum Gasteiger partial charge on any atom is -0.329 e. The van der Waals surface area contributed by atoms with E-state index in [4.69, 9.17) is 5.73 Å². The summed E-state index contributed by atoms with van der Waals surface area (Å²) < 4.78 is 38.2. The lowest BCUT2D eigenvalue weighted by Crippen LogP contribution is -2.42. The van der Waals surface area contributed by atoms with Crippen LogP contribution >= 0.6 is 0 Å². The molecule has 1 rings (SSSR count). The van der Waals surface area contributed by atoms with E-state index in [2.05, 4.69) is 5.32 Å². The third-order valence-corrected chi connectivity index (χ3v) is 3.41. The number of alkyl halides is 3. The maximum atomic E-state index is 12.7. The first-order chi connectivity index (χ1) is 7.45. The van der Waals surface area contributed by atoms with Crippen molar-refractivity contribution in [1.82, 2.24) is 5.32 Å². The first-order valence-electron chi connectivity index (χ1n) is 5.95. The lowest BCUT2D eigenvalue weighted by Gasteiger charge is -2.33. The van der Waals surface area contributed by atoms with Crippen LogP contribution in [0.15, 0.2) is 0 Å². The molecule has 1 aliphatic carbocycles. The van der Waals surface area contributed by atoms with Crippen molar-refractivity contribution in [1.29, 1.82) is 0 Å². The van der Waals surface area contributed by atoms with Gasteiger partial charge < -0.3 is 11.1 Å². The molecule has 3 atom stereocenters. The molecule has 3 N–H and O–H groups in total. The van der Waals surface area contributed by atoms with Gasteiger partial charge in [-0.25, -0.2) is 0 Å². The molecule has 16 heavy (non-hydrogen) atoms. The quantitative estimate of drug-likeness (QED) is 0.788. The molecule has 0 aromatic heterocycles. The van der Waals surface area contributed by atoms with Crippen molar-refractivity contribution in [3.05, 3.63) is 0 Å². The molecule has 0 heterocycles. The number of halogens is 3. The van der Waals surface area contributed by atoms with Crippen LogP contribution in [-0.2, 0) is 0 Å². The zero-order valence-corrected chi connectivity index (χ0v) is 9.69. The molecule has 0 saturated heterocycles. The Kier molecular flexibility index (Phi) is 5.05. The number of hydrogen-bond acceptors (Lipinski definition) is 2. The lowest BCUT2D eigenvalue weighted by molar-refractivity contribution is -0.195. The van der Waals surface area contributed by atoms with Gasteiger partial charge in [-0.05, 0) is 32.2 Å². The normalized spacial score (nSPS) is 29.1. The van der Waals surface area contributed by atoms with Crippen molar-refractivity contribution in [3.63, 3.8) is 0 Å². The van der Waals surface area contributed by atoms with Crippen molar-refractivity contribution < 1.29 is 13.2 Å². The zero-order valence-electron chi connectivity index (χ0n) is 9.69. The van der Waals surface area contributed by atoms with E-state index < -0.39 is 12.1 Å². The Morgan fingerprint density at radius 2 is 1.94 bits per heavy atom. The molecule has 0 spiro atoms. The predicted octanol–water partition coefficient (Wildman–Crippen LogP) is 2.29. The highest BCUT2D eigenvalue weighted by atomic mass is 19.4. The summed E-state index contributed by atoms with van der Waals surface area (Å²) in [6.45, 7) is 2.79. The van der Waals surface area contributed by atoms with E-state index in [1.165, 1.54) is 0 Å². The van der Waals surface area contributed by atoms with Gasteiger partial charge in [0.15, 0.2) is 0 Å². The van der Waals surface area contributed by atoms with Crippen LogP contribution in [-0.4, -0.2) is 25.3 Å². The largest absolute Gasteiger partial charge is 0.392 e. The lowest BCUT2D eigenvalue weighted by atomic mass is 9.78. The molecule has 0 radical (unpaired) electrons. The van der Waals surface area contributed by atoms with E-state index in [9.17, 15) is 13.2 Å². The number of hydrogen-bond donors (Lipinski definition) is 2. The Balaban J connectivity index is 2.47. The van der Waals surface area contributed by atoms with Crippen LogP contribution in [0.5, 0.6) is 0 Å². The van der Waals surface area contributed by atoms with Gasteiger partial charge in [0, 0.05) is 12.6 Å². The summed E-state index contributed by atoms with van der Waals surface area (Å²) in [6, 6.07) is 0.0933. The van der Waals surface area contributed by atoms with Crippen molar-refractivity contribution >= 4 is 0 Å². The van der Waals surface area contributed by atoms with Gasteiger partial charge in [-0.1, -0.05) is 12.8 Å². The molecule has 1 saturated carbocycles. The summed E-state index contributed by atoms with van der Waals surface area (Å²) in [4.78, 5) is 0. The average molecular weight is 238 g/mol. The van der Waals surface area contributed by atoms with Crippen molar-refractivity contribution in [2.45, 2.75) is 44.8 Å². The van der Waals surface area contributed by atoms with Gasteiger partial charge >= 0.3 is 6.18 Å². The molecule has 96 valence electrons. The second-order valence-electron chi connectivity index (χ2n) is 4.74. The minimum absolute atomic E-state index is 0.0933. The SMILES string of the molecule is C[C@H](CN)NCC1CCCCC1C(F)(F)F.